The third-order valence-corrected chi connectivity index (χ3v) is 3.89. The topological polar surface area (TPSA) is 20.3 Å². The standard InChI is InChI=1S/C13H14Cl2FNO/c1-17(7-8-5-9(14)6-8)13(18)10-3-2-4-11(15)12(10)16/h2-4,8-9H,5-7H2,1H3. The maximum Gasteiger partial charge on any atom is 0.256 e. The monoisotopic (exact) mass is 289 g/mol. The van der Waals surface area contributed by atoms with Gasteiger partial charge in [0.1, 0.15) is 0 Å². The molecule has 18 heavy (non-hydrogen) atoms. The van der Waals surface area contributed by atoms with Gasteiger partial charge in [0.25, 0.3) is 5.91 Å². The molecule has 1 amide bonds. The average Bonchev–Trinajstić information content (AvgIpc) is 2.30. The molecule has 0 spiro atoms. The molecule has 0 heterocycles. The van der Waals surface area contributed by atoms with E-state index in [2.05, 4.69) is 0 Å². The Labute approximate surface area is 116 Å². The molecule has 5 heteroatoms. The van der Waals surface area contributed by atoms with E-state index in [1.54, 1.807) is 13.1 Å². The fourth-order valence-corrected chi connectivity index (χ4v) is 2.83. The van der Waals surface area contributed by atoms with Gasteiger partial charge in [-0.3, -0.25) is 4.79 Å². The maximum atomic E-state index is 13.7. The quantitative estimate of drug-likeness (QED) is 0.779. The maximum absolute atomic E-state index is 13.7. The minimum atomic E-state index is -0.653. The van der Waals surface area contributed by atoms with Crippen molar-refractivity contribution in [1.82, 2.24) is 4.90 Å². The van der Waals surface area contributed by atoms with Crippen molar-refractivity contribution in [3.05, 3.63) is 34.6 Å². The van der Waals surface area contributed by atoms with E-state index in [4.69, 9.17) is 23.2 Å². The Morgan fingerprint density at radius 2 is 2.17 bits per heavy atom. The summed E-state index contributed by atoms with van der Waals surface area (Å²) >= 11 is 11.6. The van der Waals surface area contributed by atoms with Crippen LogP contribution in [0.2, 0.25) is 5.02 Å². The predicted octanol–water partition coefficient (Wildman–Crippen LogP) is 3.57. The van der Waals surface area contributed by atoms with Crippen LogP contribution in [0.25, 0.3) is 0 Å². The molecule has 1 aromatic rings. The van der Waals surface area contributed by atoms with Gasteiger partial charge in [-0.15, -0.1) is 11.6 Å². The normalized spacial score (nSPS) is 22.4. The first-order valence-corrected chi connectivity index (χ1v) is 6.64. The van der Waals surface area contributed by atoms with Crippen LogP contribution < -0.4 is 0 Å². The van der Waals surface area contributed by atoms with E-state index in [0.29, 0.717) is 12.5 Å². The van der Waals surface area contributed by atoms with Gasteiger partial charge in [-0.05, 0) is 30.9 Å². The summed E-state index contributed by atoms with van der Waals surface area (Å²) in [5.41, 5.74) is 0.0201. The van der Waals surface area contributed by atoms with Crippen molar-refractivity contribution in [2.24, 2.45) is 5.92 Å². The lowest BCUT2D eigenvalue weighted by molar-refractivity contribution is 0.0742. The number of carbonyl (C=O) groups excluding carboxylic acids is 1. The summed E-state index contributed by atoms with van der Waals surface area (Å²) in [4.78, 5) is 13.6. The SMILES string of the molecule is CN(CC1CC(Cl)C1)C(=O)c1cccc(Cl)c1F. The van der Waals surface area contributed by atoms with Gasteiger partial charge >= 0.3 is 0 Å². The van der Waals surface area contributed by atoms with Gasteiger partial charge in [-0.2, -0.15) is 0 Å². The zero-order valence-corrected chi connectivity index (χ0v) is 11.5. The Bertz CT molecular complexity index is 460. The summed E-state index contributed by atoms with van der Waals surface area (Å²) in [5.74, 6) is -0.573. The predicted molar refractivity (Wildman–Crippen MR) is 70.7 cm³/mol. The first-order chi connectivity index (χ1) is 8.49. The molecule has 0 bridgehead atoms. The number of nitrogens with zero attached hydrogens (tertiary/aromatic N) is 1. The molecule has 0 unspecified atom stereocenters. The lowest BCUT2D eigenvalue weighted by Crippen LogP contribution is -2.38. The molecule has 0 aromatic heterocycles. The van der Waals surface area contributed by atoms with Crippen LogP contribution in [0.15, 0.2) is 18.2 Å². The van der Waals surface area contributed by atoms with E-state index in [9.17, 15) is 9.18 Å². The summed E-state index contributed by atoms with van der Waals surface area (Å²) in [6.07, 6.45) is 1.83. The lowest BCUT2D eigenvalue weighted by atomic mass is 9.84. The van der Waals surface area contributed by atoms with Crippen LogP contribution in [0.3, 0.4) is 0 Å². The number of rotatable bonds is 3. The van der Waals surface area contributed by atoms with Gasteiger partial charge in [0.15, 0.2) is 5.82 Å². The number of carbonyl (C=O) groups is 1. The molecule has 0 radical (unpaired) electrons. The summed E-state index contributed by atoms with van der Waals surface area (Å²) in [6.45, 7) is 0.605. The second kappa shape index (κ2) is 5.45. The van der Waals surface area contributed by atoms with Crippen molar-refractivity contribution in [3.63, 3.8) is 0 Å². The van der Waals surface area contributed by atoms with Crippen molar-refractivity contribution in [2.75, 3.05) is 13.6 Å². The lowest BCUT2D eigenvalue weighted by Gasteiger charge is -2.34. The molecule has 1 saturated carbocycles. The Morgan fingerprint density at radius 3 is 2.78 bits per heavy atom. The molecule has 1 aliphatic rings. The third-order valence-electron chi connectivity index (χ3n) is 3.24. The van der Waals surface area contributed by atoms with Crippen LogP contribution in [-0.4, -0.2) is 29.8 Å². The largest absolute Gasteiger partial charge is 0.341 e. The van der Waals surface area contributed by atoms with Crippen molar-refractivity contribution in [2.45, 2.75) is 18.2 Å². The Morgan fingerprint density at radius 1 is 1.50 bits per heavy atom. The van der Waals surface area contributed by atoms with Crippen LogP contribution in [0.5, 0.6) is 0 Å². The van der Waals surface area contributed by atoms with Crippen molar-refractivity contribution in [3.8, 4) is 0 Å². The van der Waals surface area contributed by atoms with Gasteiger partial charge in [0.2, 0.25) is 0 Å². The van der Waals surface area contributed by atoms with Gasteiger partial charge in [-0.25, -0.2) is 4.39 Å². The highest BCUT2D eigenvalue weighted by Gasteiger charge is 2.29. The average molecular weight is 290 g/mol. The smallest absolute Gasteiger partial charge is 0.256 e. The van der Waals surface area contributed by atoms with E-state index in [1.165, 1.54) is 17.0 Å². The second-order valence-electron chi connectivity index (χ2n) is 4.72. The molecule has 0 aliphatic heterocycles. The molecular formula is C13H14Cl2FNO. The summed E-state index contributed by atoms with van der Waals surface area (Å²) < 4.78 is 13.7. The summed E-state index contributed by atoms with van der Waals surface area (Å²) in [7, 11) is 1.67. The van der Waals surface area contributed by atoms with E-state index in [0.717, 1.165) is 12.8 Å². The molecule has 1 aromatic carbocycles. The summed E-state index contributed by atoms with van der Waals surface area (Å²) in [5, 5.41) is 0.195. The van der Waals surface area contributed by atoms with E-state index >= 15 is 0 Å². The molecule has 1 aliphatic carbocycles. The number of hydrogen-bond donors (Lipinski definition) is 0. The molecular weight excluding hydrogens is 276 g/mol. The first-order valence-electron chi connectivity index (χ1n) is 5.82. The van der Waals surface area contributed by atoms with Gasteiger partial charge in [0, 0.05) is 19.0 Å². The van der Waals surface area contributed by atoms with Crippen LogP contribution in [0, 0.1) is 11.7 Å². The van der Waals surface area contributed by atoms with Crippen molar-refractivity contribution in [1.29, 1.82) is 0 Å². The molecule has 0 atom stereocenters. The number of amides is 1. The first kappa shape index (κ1) is 13.6. The molecule has 0 saturated heterocycles. The summed E-state index contributed by atoms with van der Waals surface area (Å²) in [6, 6.07) is 4.45. The highest BCUT2D eigenvalue weighted by atomic mass is 35.5. The van der Waals surface area contributed by atoms with Crippen molar-refractivity contribution >= 4 is 29.1 Å². The van der Waals surface area contributed by atoms with Crippen molar-refractivity contribution < 1.29 is 9.18 Å². The van der Waals surface area contributed by atoms with Gasteiger partial charge < -0.3 is 4.90 Å². The van der Waals surface area contributed by atoms with Crippen LogP contribution >= 0.6 is 23.2 Å². The van der Waals surface area contributed by atoms with E-state index < -0.39 is 5.82 Å². The molecule has 1 fully saturated rings. The number of benzene rings is 1. The number of halogens is 3. The molecule has 0 N–H and O–H groups in total. The highest BCUT2D eigenvalue weighted by Crippen LogP contribution is 2.32. The van der Waals surface area contributed by atoms with Crippen LogP contribution in [-0.2, 0) is 0 Å². The van der Waals surface area contributed by atoms with E-state index in [-0.39, 0.29) is 21.9 Å². The van der Waals surface area contributed by atoms with E-state index in [1.807, 2.05) is 0 Å². The highest BCUT2D eigenvalue weighted by molar-refractivity contribution is 6.31. The molecule has 98 valence electrons. The Kier molecular flexibility index (Phi) is 4.13. The van der Waals surface area contributed by atoms with Crippen LogP contribution in [0.4, 0.5) is 4.39 Å². The molecule has 2 rings (SSSR count). The van der Waals surface area contributed by atoms with Gasteiger partial charge in [-0.1, -0.05) is 17.7 Å². The third kappa shape index (κ3) is 2.78. The minimum Gasteiger partial charge on any atom is -0.341 e. The minimum absolute atomic E-state index is 0.0201. The Hall–Kier alpha value is -0.800. The fraction of sp³-hybridized carbons (Fsp3) is 0.462. The zero-order chi connectivity index (χ0) is 13.3. The van der Waals surface area contributed by atoms with Gasteiger partial charge in [0.05, 0.1) is 10.6 Å². The molecule has 2 nitrogen and oxygen atoms in total. The number of alkyl halides is 1. The zero-order valence-electron chi connectivity index (χ0n) is 10.00. The second-order valence-corrected chi connectivity index (χ2v) is 5.75. The fourth-order valence-electron chi connectivity index (χ4n) is 2.15. The van der Waals surface area contributed by atoms with Crippen LogP contribution in [0.1, 0.15) is 23.2 Å². The number of hydrogen-bond acceptors (Lipinski definition) is 1. The Balaban J connectivity index is 2.04.